The van der Waals surface area contributed by atoms with E-state index in [-0.39, 0.29) is 29.9 Å². The minimum Gasteiger partial charge on any atom is -0.481 e. The fourth-order valence-corrected chi connectivity index (χ4v) is 4.57. The normalized spacial score (nSPS) is 11.8. The SMILES string of the molecule is CCC(Sc1cccc(NC(=O)CCC(=O)O)c1)C(=O)Nc1nc2ccccc2s1. The van der Waals surface area contributed by atoms with E-state index < -0.39 is 5.97 Å². The number of rotatable bonds is 9. The van der Waals surface area contributed by atoms with Gasteiger partial charge < -0.3 is 15.7 Å². The molecule has 0 spiro atoms. The lowest BCUT2D eigenvalue weighted by Crippen LogP contribution is -2.24. The third-order valence-electron chi connectivity index (χ3n) is 4.15. The fraction of sp³-hybridized carbons (Fsp3) is 0.238. The number of aromatic nitrogens is 1. The van der Waals surface area contributed by atoms with E-state index in [9.17, 15) is 14.4 Å². The van der Waals surface area contributed by atoms with Crippen LogP contribution in [0.1, 0.15) is 26.2 Å². The Bertz CT molecular complexity index is 1030. The molecular formula is C21H21N3O4S2. The van der Waals surface area contributed by atoms with Crippen molar-refractivity contribution >= 4 is 61.9 Å². The van der Waals surface area contributed by atoms with E-state index in [1.165, 1.54) is 23.1 Å². The van der Waals surface area contributed by atoms with Crippen molar-refractivity contribution in [3.63, 3.8) is 0 Å². The highest BCUT2D eigenvalue weighted by Gasteiger charge is 2.20. The summed E-state index contributed by atoms with van der Waals surface area (Å²) in [6.07, 6.45) is 0.315. The number of fused-ring (bicyclic) bond motifs is 1. The highest BCUT2D eigenvalue weighted by molar-refractivity contribution is 8.00. The van der Waals surface area contributed by atoms with Crippen molar-refractivity contribution in [1.29, 1.82) is 0 Å². The van der Waals surface area contributed by atoms with E-state index in [4.69, 9.17) is 5.11 Å². The molecule has 0 bridgehead atoms. The van der Waals surface area contributed by atoms with Gasteiger partial charge >= 0.3 is 5.97 Å². The first-order valence-corrected chi connectivity index (χ1v) is 11.1. The Morgan fingerprint density at radius 2 is 1.90 bits per heavy atom. The molecule has 0 aliphatic carbocycles. The maximum Gasteiger partial charge on any atom is 0.303 e. The number of para-hydroxylation sites is 1. The third kappa shape index (κ3) is 6.04. The molecule has 1 unspecified atom stereocenters. The molecule has 0 fully saturated rings. The molecule has 1 aromatic heterocycles. The summed E-state index contributed by atoms with van der Waals surface area (Å²) in [6.45, 7) is 1.94. The number of nitrogens with one attached hydrogen (secondary N) is 2. The number of anilines is 2. The number of carboxylic acids is 1. The van der Waals surface area contributed by atoms with Crippen molar-refractivity contribution in [2.24, 2.45) is 0 Å². The van der Waals surface area contributed by atoms with Crippen LogP contribution in [0.4, 0.5) is 10.8 Å². The van der Waals surface area contributed by atoms with Crippen LogP contribution in [0, 0.1) is 0 Å². The third-order valence-corrected chi connectivity index (χ3v) is 6.46. The minimum absolute atomic E-state index is 0.0884. The van der Waals surface area contributed by atoms with Crippen LogP contribution in [0.3, 0.4) is 0 Å². The molecule has 2 aromatic carbocycles. The van der Waals surface area contributed by atoms with Crippen LogP contribution < -0.4 is 10.6 Å². The van der Waals surface area contributed by atoms with Gasteiger partial charge in [-0.25, -0.2) is 4.98 Å². The Balaban J connectivity index is 1.62. The van der Waals surface area contributed by atoms with E-state index in [2.05, 4.69) is 15.6 Å². The zero-order valence-electron chi connectivity index (χ0n) is 16.3. The number of carbonyl (C=O) groups is 3. The van der Waals surface area contributed by atoms with Crippen LogP contribution in [-0.2, 0) is 14.4 Å². The zero-order chi connectivity index (χ0) is 21.5. The molecule has 3 N–H and O–H groups in total. The number of thiazole rings is 1. The predicted octanol–water partition coefficient (Wildman–Crippen LogP) is 4.61. The van der Waals surface area contributed by atoms with Gasteiger partial charge in [0.25, 0.3) is 0 Å². The van der Waals surface area contributed by atoms with E-state index >= 15 is 0 Å². The summed E-state index contributed by atoms with van der Waals surface area (Å²) in [5.41, 5.74) is 1.42. The second-order valence-electron chi connectivity index (χ2n) is 6.46. The molecule has 3 rings (SSSR count). The molecule has 0 aliphatic heterocycles. The first-order valence-electron chi connectivity index (χ1n) is 9.39. The monoisotopic (exact) mass is 443 g/mol. The highest BCUT2D eigenvalue weighted by atomic mass is 32.2. The summed E-state index contributed by atoms with van der Waals surface area (Å²) in [7, 11) is 0. The van der Waals surface area contributed by atoms with Crippen LogP contribution in [-0.4, -0.2) is 33.1 Å². The average molecular weight is 444 g/mol. The van der Waals surface area contributed by atoms with Crippen LogP contribution >= 0.6 is 23.1 Å². The summed E-state index contributed by atoms with van der Waals surface area (Å²) < 4.78 is 1.01. The molecule has 1 atom stereocenters. The van der Waals surface area contributed by atoms with Crippen LogP contribution in [0.2, 0.25) is 0 Å². The minimum atomic E-state index is -1.01. The zero-order valence-corrected chi connectivity index (χ0v) is 17.9. The smallest absolute Gasteiger partial charge is 0.303 e. The molecule has 0 radical (unpaired) electrons. The molecular weight excluding hydrogens is 422 g/mol. The number of nitrogens with zero attached hydrogens (tertiary/aromatic N) is 1. The van der Waals surface area contributed by atoms with Gasteiger partial charge in [-0.15, -0.1) is 11.8 Å². The molecule has 0 aliphatic rings. The Hall–Kier alpha value is -2.91. The Labute approximate surface area is 181 Å². The van der Waals surface area contributed by atoms with Gasteiger partial charge in [-0.1, -0.05) is 36.5 Å². The van der Waals surface area contributed by atoms with E-state index in [1.807, 2.05) is 37.3 Å². The lowest BCUT2D eigenvalue weighted by Gasteiger charge is -2.14. The number of carboxylic acid groups (broad SMARTS) is 1. The second kappa shape index (κ2) is 10.2. The van der Waals surface area contributed by atoms with Crippen molar-refractivity contribution in [2.45, 2.75) is 36.3 Å². The molecule has 156 valence electrons. The van der Waals surface area contributed by atoms with E-state index in [0.717, 1.165) is 15.1 Å². The van der Waals surface area contributed by atoms with Crippen molar-refractivity contribution in [1.82, 2.24) is 4.98 Å². The second-order valence-corrected chi connectivity index (χ2v) is 8.77. The summed E-state index contributed by atoms with van der Waals surface area (Å²) in [5, 5.41) is 14.5. The lowest BCUT2D eigenvalue weighted by atomic mass is 10.2. The van der Waals surface area contributed by atoms with Crippen LogP contribution in [0.5, 0.6) is 0 Å². The van der Waals surface area contributed by atoms with Gasteiger partial charge in [-0.2, -0.15) is 0 Å². The van der Waals surface area contributed by atoms with E-state index in [0.29, 0.717) is 17.2 Å². The van der Waals surface area contributed by atoms with Crippen molar-refractivity contribution in [2.75, 3.05) is 10.6 Å². The molecule has 30 heavy (non-hydrogen) atoms. The summed E-state index contributed by atoms with van der Waals surface area (Å²) in [5.74, 6) is -1.50. The van der Waals surface area contributed by atoms with Gasteiger partial charge in [-0.3, -0.25) is 14.4 Å². The Morgan fingerprint density at radius 1 is 1.10 bits per heavy atom. The number of hydrogen-bond acceptors (Lipinski definition) is 6. The van der Waals surface area contributed by atoms with Crippen molar-refractivity contribution in [3.05, 3.63) is 48.5 Å². The van der Waals surface area contributed by atoms with Crippen molar-refractivity contribution < 1.29 is 19.5 Å². The lowest BCUT2D eigenvalue weighted by molar-refractivity contribution is -0.138. The van der Waals surface area contributed by atoms with Gasteiger partial charge in [0.2, 0.25) is 11.8 Å². The topological polar surface area (TPSA) is 108 Å². The number of amides is 2. The molecule has 0 saturated heterocycles. The number of thioether (sulfide) groups is 1. The largest absolute Gasteiger partial charge is 0.481 e. The predicted molar refractivity (Wildman–Crippen MR) is 120 cm³/mol. The molecule has 2 amide bonds. The summed E-state index contributed by atoms with van der Waals surface area (Å²) in [6, 6.07) is 14.9. The number of aliphatic carboxylic acids is 1. The Morgan fingerprint density at radius 3 is 2.63 bits per heavy atom. The standard InChI is InChI=1S/C21H21N3O4S2/c1-2-16(20(28)24-21-23-15-8-3-4-9-17(15)30-21)29-14-7-5-6-13(12-14)22-18(25)10-11-19(26)27/h3-9,12,16H,2,10-11H2,1H3,(H,22,25)(H,26,27)(H,23,24,28). The molecule has 7 nitrogen and oxygen atoms in total. The molecule has 1 heterocycles. The Kier molecular flexibility index (Phi) is 7.42. The van der Waals surface area contributed by atoms with Crippen LogP contribution in [0.15, 0.2) is 53.4 Å². The maximum absolute atomic E-state index is 12.7. The molecule has 0 saturated carbocycles. The number of benzene rings is 2. The van der Waals surface area contributed by atoms with Gasteiger partial charge in [0.1, 0.15) is 0 Å². The van der Waals surface area contributed by atoms with Crippen LogP contribution in [0.25, 0.3) is 10.2 Å². The summed E-state index contributed by atoms with van der Waals surface area (Å²) in [4.78, 5) is 40.4. The highest BCUT2D eigenvalue weighted by Crippen LogP contribution is 2.30. The van der Waals surface area contributed by atoms with Gasteiger partial charge in [-0.05, 0) is 36.8 Å². The quantitative estimate of drug-likeness (QED) is 0.417. The van der Waals surface area contributed by atoms with Gasteiger partial charge in [0, 0.05) is 17.0 Å². The number of hydrogen-bond donors (Lipinski definition) is 3. The average Bonchev–Trinajstić information content (AvgIpc) is 3.13. The van der Waals surface area contributed by atoms with Gasteiger partial charge in [0.05, 0.1) is 21.9 Å². The first-order chi connectivity index (χ1) is 14.4. The van der Waals surface area contributed by atoms with E-state index in [1.54, 1.807) is 18.2 Å². The van der Waals surface area contributed by atoms with Gasteiger partial charge in [0.15, 0.2) is 5.13 Å². The van der Waals surface area contributed by atoms with Crippen molar-refractivity contribution in [3.8, 4) is 0 Å². The molecule has 9 heteroatoms. The number of carbonyl (C=O) groups excluding carboxylic acids is 2. The first kappa shape index (κ1) is 21.8. The maximum atomic E-state index is 12.7. The fourth-order valence-electron chi connectivity index (χ4n) is 2.69. The molecule has 3 aromatic rings. The summed E-state index contributed by atoms with van der Waals surface area (Å²) >= 11 is 2.84.